The molecule has 0 N–H and O–H groups in total. The van der Waals surface area contributed by atoms with Crippen LogP contribution in [0.25, 0.3) is 11.0 Å². The highest BCUT2D eigenvalue weighted by atomic mass is 15.5. The number of likely N-dealkylation sites (tertiary alicyclic amines) is 1. The zero-order valence-corrected chi connectivity index (χ0v) is 13.4. The van der Waals surface area contributed by atoms with Gasteiger partial charge < -0.3 is 4.48 Å². The quantitative estimate of drug-likeness (QED) is 0.678. The molecule has 2 aromatic carbocycles. The minimum absolute atomic E-state index is 0.938. The Bertz CT molecular complexity index is 772. The highest BCUT2D eigenvalue weighted by Crippen LogP contribution is 2.23. The van der Waals surface area contributed by atoms with Gasteiger partial charge in [-0.05, 0) is 17.7 Å². The SMILES string of the molecule is c1ccc(CC[N+]2(Cn3nnc4ccccc43)CCCC2)cc1. The predicted octanol–water partition coefficient (Wildman–Crippen LogP) is 3.24. The molecule has 0 saturated carbocycles. The van der Waals surface area contributed by atoms with Gasteiger partial charge >= 0.3 is 0 Å². The molecule has 1 aromatic heterocycles. The van der Waals surface area contributed by atoms with E-state index in [1.165, 1.54) is 38.0 Å². The maximum absolute atomic E-state index is 4.41. The fourth-order valence-electron chi connectivity index (χ4n) is 3.76. The van der Waals surface area contributed by atoms with Crippen molar-refractivity contribution in [3.63, 3.8) is 0 Å². The monoisotopic (exact) mass is 307 g/mol. The number of benzene rings is 2. The minimum Gasteiger partial charge on any atom is -0.305 e. The molecule has 0 amide bonds. The van der Waals surface area contributed by atoms with Crippen molar-refractivity contribution in [2.24, 2.45) is 0 Å². The molecule has 1 fully saturated rings. The molecule has 0 aliphatic carbocycles. The van der Waals surface area contributed by atoms with Crippen LogP contribution in [-0.4, -0.2) is 39.1 Å². The largest absolute Gasteiger partial charge is 0.305 e. The Kier molecular flexibility index (Phi) is 3.83. The standard InChI is InChI=1S/C19H23N4/c1-2-8-17(9-3-1)12-15-23(13-6-7-14-23)16-22-19-11-5-4-10-18(19)20-21-22/h1-5,8-11H,6-7,12-16H2/q+1. The Morgan fingerprint density at radius 1 is 0.913 bits per heavy atom. The van der Waals surface area contributed by atoms with Crippen LogP contribution in [0, 0.1) is 0 Å². The fourth-order valence-corrected chi connectivity index (χ4v) is 3.76. The number of hydrogen-bond acceptors (Lipinski definition) is 2. The van der Waals surface area contributed by atoms with E-state index in [9.17, 15) is 0 Å². The van der Waals surface area contributed by atoms with Crippen LogP contribution in [0.5, 0.6) is 0 Å². The summed E-state index contributed by atoms with van der Waals surface area (Å²) in [4.78, 5) is 0. The molecule has 1 aliphatic rings. The van der Waals surface area contributed by atoms with Gasteiger partial charge in [0.05, 0.1) is 25.2 Å². The van der Waals surface area contributed by atoms with Gasteiger partial charge in [0.1, 0.15) is 5.52 Å². The van der Waals surface area contributed by atoms with Gasteiger partial charge in [-0.25, -0.2) is 0 Å². The van der Waals surface area contributed by atoms with Crippen LogP contribution in [0.1, 0.15) is 18.4 Å². The molecule has 1 saturated heterocycles. The summed E-state index contributed by atoms with van der Waals surface area (Å²) < 4.78 is 3.23. The summed E-state index contributed by atoms with van der Waals surface area (Å²) in [5.74, 6) is 0. The summed E-state index contributed by atoms with van der Waals surface area (Å²) in [6.07, 6.45) is 3.77. The second kappa shape index (κ2) is 6.13. The Morgan fingerprint density at radius 3 is 2.48 bits per heavy atom. The fraction of sp³-hybridized carbons (Fsp3) is 0.368. The van der Waals surface area contributed by atoms with E-state index in [1.807, 2.05) is 12.1 Å². The lowest BCUT2D eigenvalue weighted by Crippen LogP contribution is -2.48. The number of hydrogen-bond donors (Lipinski definition) is 0. The minimum atomic E-state index is 0.938. The first-order valence-electron chi connectivity index (χ1n) is 8.52. The summed E-state index contributed by atoms with van der Waals surface area (Å²) in [6, 6.07) is 19.1. The lowest BCUT2D eigenvalue weighted by molar-refractivity contribution is -0.938. The van der Waals surface area contributed by atoms with E-state index in [1.54, 1.807) is 0 Å². The molecule has 0 bridgehead atoms. The third-order valence-electron chi connectivity index (χ3n) is 5.09. The van der Waals surface area contributed by atoms with Crippen LogP contribution < -0.4 is 0 Å². The Labute approximate surface area is 136 Å². The van der Waals surface area contributed by atoms with Crippen LogP contribution in [-0.2, 0) is 13.1 Å². The third-order valence-corrected chi connectivity index (χ3v) is 5.09. The molecule has 23 heavy (non-hydrogen) atoms. The molecular formula is C19H23N4+. The molecule has 0 spiro atoms. The van der Waals surface area contributed by atoms with Crippen LogP contribution in [0.2, 0.25) is 0 Å². The van der Waals surface area contributed by atoms with Gasteiger partial charge in [0.25, 0.3) is 0 Å². The Morgan fingerprint density at radius 2 is 1.65 bits per heavy atom. The summed E-state index contributed by atoms with van der Waals surface area (Å²) in [5.41, 5.74) is 3.57. The number of fused-ring (bicyclic) bond motifs is 1. The lowest BCUT2D eigenvalue weighted by Gasteiger charge is -2.34. The first kappa shape index (κ1) is 14.4. The molecular weight excluding hydrogens is 284 g/mol. The second-order valence-corrected chi connectivity index (χ2v) is 6.67. The van der Waals surface area contributed by atoms with Crippen molar-refractivity contribution < 1.29 is 4.48 Å². The highest BCUT2D eigenvalue weighted by molar-refractivity contribution is 5.73. The number of quaternary nitrogens is 1. The maximum atomic E-state index is 4.41. The van der Waals surface area contributed by atoms with Crippen LogP contribution in [0.15, 0.2) is 54.6 Å². The topological polar surface area (TPSA) is 30.7 Å². The van der Waals surface area contributed by atoms with Gasteiger partial charge in [0.15, 0.2) is 6.67 Å². The molecule has 4 heteroatoms. The normalized spacial score (nSPS) is 16.9. The van der Waals surface area contributed by atoms with Gasteiger partial charge in [-0.3, -0.25) is 0 Å². The zero-order valence-electron chi connectivity index (χ0n) is 13.4. The zero-order chi connectivity index (χ0) is 15.5. The maximum Gasteiger partial charge on any atom is 0.176 e. The van der Waals surface area contributed by atoms with Gasteiger partial charge in [0, 0.05) is 19.3 Å². The first-order valence-corrected chi connectivity index (χ1v) is 8.52. The molecule has 0 atom stereocenters. The van der Waals surface area contributed by atoms with Crippen LogP contribution in [0.4, 0.5) is 0 Å². The first-order chi connectivity index (χ1) is 11.3. The number of rotatable bonds is 5. The number of para-hydroxylation sites is 1. The Hall–Kier alpha value is -2.20. The molecule has 4 nitrogen and oxygen atoms in total. The van der Waals surface area contributed by atoms with E-state index in [0.717, 1.165) is 28.6 Å². The summed E-state index contributed by atoms with van der Waals surface area (Å²) in [6.45, 7) is 4.62. The van der Waals surface area contributed by atoms with Crippen molar-refractivity contribution in [1.82, 2.24) is 15.0 Å². The third kappa shape index (κ3) is 2.99. The summed E-state index contributed by atoms with van der Waals surface area (Å²) >= 11 is 0. The average Bonchev–Trinajstić information content (AvgIpc) is 3.23. The number of aromatic nitrogens is 3. The van der Waals surface area contributed by atoms with E-state index < -0.39 is 0 Å². The van der Waals surface area contributed by atoms with Gasteiger partial charge in [0.2, 0.25) is 0 Å². The van der Waals surface area contributed by atoms with E-state index in [2.05, 4.69) is 57.5 Å². The smallest absolute Gasteiger partial charge is 0.176 e. The predicted molar refractivity (Wildman–Crippen MR) is 91.8 cm³/mol. The number of nitrogens with zero attached hydrogens (tertiary/aromatic N) is 4. The van der Waals surface area contributed by atoms with Crippen molar-refractivity contribution in [3.05, 3.63) is 60.2 Å². The van der Waals surface area contributed by atoms with Crippen molar-refractivity contribution >= 4 is 11.0 Å². The van der Waals surface area contributed by atoms with E-state index >= 15 is 0 Å². The molecule has 3 aromatic rings. The van der Waals surface area contributed by atoms with Crippen LogP contribution in [0.3, 0.4) is 0 Å². The molecule has 0 radical (unpaired) electrons. The van der Waals surface area contributed by atoms with Crippen molar-refractivity contribution in [2.75, 3.05) is 19.6 Å². The van der Waals surface area contributed by atoms with E-state index in [4.69, 9.17) is 0 Å². The summed E-state index contributed by atoms with van der Waals surface area (Å²) in [5, 5.41) is 8.72. The lowest BCUT2D eigenvalue weighted by atomic mass is 10.1. The second-order valence-electron chi connectivity index (χ2n) is 6.67. The van der Waals surface area contributed by atoms with Crippen molar-refractivity contribution in [3.8, 4) is 0 Å². The van der Waals surface area contributed by atoms with Crippen molar-refractivity contribution in [2.45, 2.75) is 25.9 Å². The van der Waals surface area contributed by atoms with Gasteiger partial charge in [-0.1, -0.05) is 47.7 Å². The molecule has 118 valence electrons. The van der Waals surface area contributed by atoms with E-state index in [-0.39, 0.29) is 0 Å². The Balaban J connectivity index is 1.55. The van der Waals surface area contributed by atoms with Gasteiger partial charge in [-0.2, -0.15) is 4.68 Å². The molecule has 4 rings (SSSR count). The van der Waals surface area contributed by atoms with E-state index in [0.29, 0.717) is 0 Å². The highest BCUT2D eigenvalue weighted by Gasteiger charge is 2.32. The van der Waals surface area contributed by atoms with Crippen molar-refractivity contribution in [1.29, 1.82) is 0 Å². The summed E-state index contributed by atoms with van der Waals surface area (Å²) in [7, 11) is 0. The van der Waals surface area contributed by atoms with Gasteiger partial charge in [-0.15, -0.1) is 5.10 Å². The average molecular weight is 307 g/mol. The molecule has 1 aliphatic heterocycles. The molecule has 0 unspecified atom stereocenters. The van der Waals surface area contributed by atoms with Crippen LogP contribution >= 0.6 is 0 Å². The molecule has 2 heterocycles.